The monoisotopic (exact) mass is 693 g/mol. The van der Waals surface area contributed by atoms with Crippen molar-refractivity contribution in [2.75, 3.05) is 0 Å². The van der Waals surface area contributed by atoms with Gasteiger partial charge in [-0.3, -0.25) is 0 Å². The van der Waals surface area contributed by atoms with E-state index in [-0.39, 0.29) is 5.82 Å². The molecule has 3 rings (SSSR count). The van der Waals surface area contributed by atoms with Crippen LogP contribution in [0.25, 0.3) is 5.57 Å². The maximum atomic E-state index is 12.2. The number of aryl methyl sites for hydroxylation is 1. The molecule has 1 fully saturated rings. The molecule has 0 saturated heterocycles. The lowest BCUT2D eigenvalue weighted by Gasteiger charge is -2.29. The zero-order valence-electron chi connectivity index (χ0n) is 36.8. The Morgan fingerprint density at radius 3 is 1.68 bits per heavy atom. The molecule has 0 N–H and O–H groups in total. The number of hydrogen-bond donors (Lipinski definition) is 0. The topological polar surface area (TPSA) is 0 Å². The van der Waals surface area contributed by atoms with E-state index in [1.807, 2.05) is 48.5 Å². The van der Waals surface area contributed by atoms with Gasteiger partial charge >= 0.3 is 0 Å². The van der Waals surface area contributed by atoms with E-state index in [0.29, 0.717) is 17.3 Å². The molecule has 2 atom stereocenters. The first-order chi connectivity index (χ1) is 24.0. The standard InChI is InChI=1S/C31H48.C8H9F.C4H10.3C2H6/c1-10-14-17-24(7)29(28-19-16-15-18-27(28)23(6)12-3)30(25(8)31(9)20-21-31)26(13-4)22(5)11-2;1-2-7-3-5-8(9)6-4-7;1-3-4-2;3*1-2/h13,15-16,18-19,22-23H,10-12,14,17,20-21H2,1-9H3;3-6H,2H2,1H3;3-4H2,1-2H3;3*1-2H3/b26-13-,29-24-,30-25+;;;;;. The fourth-order valence-corrected chi connectivity index (χ4v) is 5.55. The Balaban J connectivity index is -0.000000955. The molecule has 0 radical (unpaired) electrons. The third-order valence-electron chi connectivity index (χ3n) is 9.80. The normalized spacial score (nSPS) is 14.7. The minimum Gasteiger partial charge on any atom is -0.207 e. The van der Waals surface area contributed by atoms with Crippen molar-refractivity contribution in [1.82, 2.24) is 0 Å². The summed E-state index contributed by atoms with van der Waals surface area (Å²) in [4.78, 5) is 0. The Kier molecular flexibility index (Phi) is 32.6. The zero-order valence-corrected chi connectivity index (χ0v) is 36.8. The molecule has 2 aromatic carbocycles. The predicted octanol–water partition coefficient (Wildman–Crippen LogP) is 17.5. The van der Waals surface area contributed by atoms with Crippen molar-refractivity contribution in [3.8, 4) is 0 Å². The lowest BCUT2D eigenvalue weighted by Crippen LogP contribution is -2.12. The largest absolute Gasteiger partial charge is 0.207 e. The highest BCUT2D eigenvalue weighted by Gasteiger charge is 2.41. The van der Waals surface area contributed by atoms with E-state index >= 15 is 0 Å². The highest BCUT2D eigenvalue weighted by Crippen LogP contribution is 2.55. The minimum atomic E-state index is -0.160. The van der Waals surface area contributed by atoms with E-state index in [9.17, 15) is 4.39 Å². The molecule has 2 unspecified atom stereocenters. The van der Waals surface area contributed by atoms with Crippen LogP contribution in [0, 0.1) is 17.2 Å². The predicted molar refractivity (Wildman–Crippen MR) is 231 cm³/mol. The summed E-state index contributed by atoms with van der Waals surface area (Å²) in [6.45, 7) is 39.8. The van der Waals surface area contributed by atoms with Crippen LogP contribution < -0.4 is 0 Å². The highest BCUT2D eigenvalue weighted by atomic mass is 19.1. The molecule has 1 saturated carbocycles. The van der Waals surface area contributed by atoms with Crippen LogP contribution in [-0.4, -0.2) is 0 Å². The second-order valence-corrected chi connectivity index (χ2v) is 13.2. The van der Waals surface area contributed by atoms with Gasteiger partial charge < -0.3 is 0 Å². The van der Waals surface area contributed by atoms with Crippen molar-refractivity contribution >= 4 is 5.57 Å². The molecule has 0 bridgehead atoms. The van der Waals surface area contributed by atoms with E-state index in [2.05, 4.69) is 107 Å². The number of hydrogen-bond acceptors (Lipinski definition) is 0. The van der Waals surface area contributed by atoms with Gasteiger partial charge in [-0.25, -0.2) is 4.39 Å². The lowest BCUT2D eigenvalue weighted by atomic mass is 9.75. The van der Waals surface area contributed by atoms with E-state index in [0.717, 1.165) is 6.42 Å². The SMILES string of the molecule is CC.CC.CC.CCCC.CCc1ccc(F)cc1.C\C=C(C(/C(=C(/C)CCCC)c1ccccc1C(C)CC)=C(/C)C1(C)CC1)\C(C)CC. The Morgan fingerprint density at radius 1 is 0.760 bits per heavy atom. The highest BCUT2D eigenvalue weighted by molar-refractivity contribution is 5.88. The maximum absolute atomic E-state index is 12.2. The molecule has 0 nitrogen and oxygen atoms in total. The number of allylic oxidation sites excluding steroid dienone is 6. The van der Waals surface area contributed by atoms with E-state index in [4.69, 9.17) is 0 Å². The van der Waals surface area contributed by atoms with Crippen LogP contribution in [0.4, 0.5) is 4.39 Å². The third-order valence-corrected chi connectivity index (χ3v) is 9.80. The Hall–Kier alpha value is -2.41. The molecule has 1 aliphatic carbocycles. The third kappa shape index (κ3) is 18.2. The van der Waals surface area contributed by atoms with Gasteiger partial charge in [-0.2, -0.15) is 0 Å². The molecule has 0 spiro atoms. The molecule has 0 aliphatic heterocycles. The van der Waals surface area contributed by atoms with Gasteiger partial charge in [0.1, 0.15) is 5.82 Å². The van der Waals surface area contributed by atoms with Gasteiger partial charge in [0.2, 0.25) is 0 Å². The molecule has 288 valence electrons. The molecular weight excluding hydrogens is 608 g/mol. The minimum absolute atomic E-state index is 0.160. The van der Waals surface area contributed by atoms with Crippen molar-refractivity contribution in [1.29, 1.82) is 0 Å². The van der Waals surface area contributed by atoms with E-state index in [1.165, 1.54) is 86.6 Å². The molecule has 1 heteroatoms. The van der Waals surface area contributed by atoms with Gasteiger partial charge in [-0.05, 0) is 129 Å². The van der Waals surface area contributed by atoms with Crippen LogP contribution in [0.1, 0.15) is 205 Å². The number of unbranched alkanes of at least 4 members (excludes halogenated alkanes) is 2. The van der Waals surface area contributed by atoms with Crippen molar-refractivity contribution in [2.45, 2.75) is 195 Å². The number of rotatable bonds is 13. The lowest BCUT2D eigenvalue weighted by molar-refractivity contribution is 0.627. The molecule has 1 aliphatic rings. The molecule has 50 heavy (non-hydrogen) atoms. The van der Waals surface area contributed by atoms with Crippen molar-refractivity contribution in [2.24, 2.45) is 11.3 Å². The Morgan fingerprint density at radius 2 is 1.28 bits per heavy atom. The second-order valence-electron chi connectivity index (χ2n) is 13.2. The number of benzene rings is 2. The molecule has 0 heterocycles. The fraction of sp³-hybridized carbons (Fsp3) is 0.633. The van der Waals surface area contributed by atoms with Gasteiger partial charge in [-0.15, -0.1) is 0 Å². The van der Waals surface area contributed by atoms with Crippen LogP contribution >= 0.6 is 0 Å². The molecule has 2 aromatic rings. The van der Waals surface area contributed by atoms with Gasteiger partial charge in [0.05, 0.1) is 0 Å². The average molecular weight is 693 g/mol. The summed E-state index contributed by atoms with van der Waals surface area (Å²) in [5.41, 5.74) is 12.4. The van der Waals surface area contributed by atoms with Gasteiger partial charge in [0.25, 0.3) is 0 Å². The summed E-state index contributed by atoms with van der Waals surface area (Å²) < 4.78 is 12.2. The van der Waals surface area contributed by atoms with E-state index < -0.39 is 0 Å². The summed E-state index contributed by atoms with van der Waals surface area (Å²) >= 11 is 0. The molecule has 0 amide bonds. The van der Waals surface area contributed by atoms with Crippen LogP contribution in [0.15, 0.2) is 76.9 Å². The Bertz CT molecular complexity index is 1180. The van der Waals surface area contributed by atoms with Crippen LogP contribution in [-0.2, 0) is 6.42 Å². The van der Waals surface area contributed by atoms with Crippen LogP contribution in [0.5, 0.6) is 0 Å². The van der Waals surface area contributed by atoms with Crippen molar-refractivity contribution in [3.63, 3.8) is 0 Å². The van der Waals surface area contributed by atoms with Crippen LogP contribution in [0.2, 0.25) is 0 Å². The first-order valence-corrected chi connectivity index (χ1v) is 20.9. The molecular formula is C49H85F. The van der Waals surface area contributed by atoms with Crippen molar-refractivity contribution in [3.05, 3.63) is 99.4 Å². The summed E-state index contributed by atoms with van der Waals surface area (Å²) in [7, 11) is 0. The summed E-state index contributed by atoms with van der Waals surface area (Å²) in [5, 5.41) is 0. The first-order valence-electron chi connectivity index (χ1n) is 20.9. The van der Waals surface area contributed by atoms with Crippen molar-refractivity contribution < 1.29 is 4.39 Å². The average Bonchev–Trinajstić information content (AvgIpc) is 3.94. The zero-order chi connectivity index (χ0) is 39.3. The summed E-state index contributed by atoms with van der Waals surface area (Å²) in [6.07, 6.45) is 14.7. The van der Waals surface area contributed by atoms with Gasteiger partial charge in [-0.1, -0.05) is 177 Å². The fourth-order valence-electron chi connectivity index (χ4n) is 5.55. The van der Waals surface area contributed by atoms with Crippen LogP contribution in [0.3, 0.4) is 0 Å². The second kappa shape index (κ2) is 31.3. The number of halogens is 1. The quantitative estimate of drug-likeness (QED) is 0.183. The van der Waals surface area contributed by atoms with Gasteiger partial charge in [0, 0.05) is 0 Å². The summed E-state index contributed by atoms with van der Waals surface area (Å²) in [5.74, 6) is 0.982. The smallest absolute Gasteiger partial charge is 0.123 e. The maximum Gasteiger partial charge on any atom is 0.123 e. The first kappa shape index (κ1) is 52.0. The van der Waals surface area contributed by atoms with Gasteiger partial charge in [0.15, 0.2) is 0 Å². The molecule has 0 aromatic heterocycles. The van der Waals surface area contributed by atoms with E-state index in [1.54, 1.807) is 40.0 Å². The Labute approximate surface area is 314 Å². The summed E-state index contributed by atoms with van der Waals surface area (Å²) in [6, 6.07) is 15.8.